The molecule has 1 heterocycles. The van der Waals surface area contributed by atoms with Gasteiger partial charge in [-0.1, -0.05) is 25.1 Å². The maximum atomic E-state index is 9.57. The Bertz CT molecular complexity index is 746. The number of phenolic OH excluding ortho intramolecular Hbond substituents is 1. The molecule has 0 radical (unpaired) electrons. The Balaban J connectivity index is 1.93. The van der Waals surface area contributed by atoms with E-state index in [0.29, 0.717) is 5.75 Å². The van der Waals surface area contributed by atoms with E-state index in [1.807, 2.05) is 24.3 Å². The molecule has 3 nitrogen and oxygen atoms in total. The van der Waals surface area contributed by atoms with Crippen LogP contribution in [-0.4, -0.2) is 16.3 Å². The predicted octanol–water partition coefficient (Wildman–Crippen LogP) is 4.18. The number of rotatable bonds is 5. The molecule has 0 aliphatic rings. The molecule has 0 spiro atoms. The van der Waals surface area contributed by atoms with E-state index in [0.717, 1.165) is 41.8 Å². The molecule has 0 fully saturated rings. The summed E-state index contributed by atoms with van der Waals surface area (Å²) in [7, 11) is 0. The molecule has 3 aromatic rings. The summed E-state index contributed by atoms with van der Waals surface area (Å²) in [6.07, 6.45) is 3.06. The lowest BCUT2D eigenvalue weighted by Crippen LogP contribution is -1.98. The highest BCUT2D eigenvalue weighted by Gasteiger charge is 2.07. The fourth-order valence-corrected chi connectivity index (χ4v) is 2.52. The standard InChI is InChI=1S/C18H19NO2/c1-2-11-21-18-8-4-7-17-16(18)9-10-19(17)13-14-5-3-6-15(20)12-14/h3-10,12,20H,2,11,13H2,1H3. The fraction of sp³-hybridized carbons (Fsp3) is 0.222. The maximum Gasteiger partial charge on any atom is 0.128 e. The van der Waals surface area contributed by atoms with Gasteiger partial charge in [-0.25, -0.2) is 0 Å². The zero-order valence-corrected chi connectivity index (χ0v) is 12.1. The molecule has 2 aromatic carbocycles. The Morgan fingerprint density at radius 2 is 1.95 bits per heavy atom. The SMILES string of the molecule is CCCOc1cccc2c1ccn2Cc1cccc(O)c1. The molecule has 0 saturated carbocycles. The lowest BCUT2D eigenvalue weighted by atomic mass is 10.2. The Labute approximate surface area is 124 Å². The number of phenols is 1. The lowest BCUT2D eigenvalue weighted by Gasteiger charge is -2.09. The van der Waals surface area contributed by atoms with Gasteiger partial charge in [-0.3, -0.25) is 0 Å². The first-order valence-electron chi connectivity index (χ1n) is 7.26. The molecule has 1 N–H and O–H groups in total. The molecule has 0 bridgehead atoms. The van der Waals surface area contributed by atoms with Crippen molar-refractivity contribution in [2.75, 3.05) is 6.61 Å². The average Bonchev–Trinajstić information content (AvgIpc) is 2.89. The van der Waals surface area contributed by atoms with Crippen LogP contribution in [-0.2, 0) is 6.54 Å². The number of benzene rings is 2. The second-order valence-corrected chi connectivity index (χ2v) is 5.15. The van der Waals surface area contributed by atoms with Crippen molar-refractivity contribution in [3.8, 4) is 11.5 Å². The van der Waals surface area contributed by atoms with Crippen molar-refractivity contribution < 1.29 is 9.84 Å². The van der Waals surface area contributed by atoms with E-state index in [9.17, 15) is 5.11 Å². The number of ether oxygens (including phenoxy) is 1. The summed E-state index contributed by atoms with van der Waals surface area (Å²) >= 11 is 0. The van der Waals surface area contributed by atoms with Gasteiger partial charge >= 0.3 is 0 Å². The number of hydrogen-bond donors (Lipinski definition) is 1. The molecule has 21 heavy (non-hydrogen) atoms. The third-order valence-corrected chi connectivity index (χ3v) is 3.50. The van der Waals surface area contributed by atoms with Gasteiger partial charge in [0.2, 0.25) is 0 Å². The zero-order valence-electron chi connectivity index (χ0n) is 12.1. The molecule has 0 aliphatic heterocycles. The van der Waals surface area contributed by atoms with Gasteiger partial charge in [0, 0.05) is 18.1 Å². The number of hydrogen-bond acceptors (Lipinski definition) is 2. The van der Waals surface area contributed by atoms with E-state index < -0.39 is 0 Å². The first-order chi connectivity index (χ1) is 10.3. The van der Waals surface area contributed by atoms with Gasteiger partial charge in [0.05, 0.1) is 12.1 Å². The van der Waals surface area contributed by atoms with Gasteiger partial charge in [0.25, 0.3) is 0 Å². The second kappa shape index (κ2) is 5.92. The lowest BCUT2D eigenvalue weighted by molar-refractivity contribution is 0.321. The molecule has 0 saturated heterocycles. The summed E-state index contributed by atoms with van der Waals surface area (Å²) < 4.78 is 7.97. The molecule has 3 heteroatoms. The van der Waals surface area contributed by atoms with Crippen LogP contribution in [0.5, 0.6) is 11.5 Å². The van der Waals surface area contributed by atoms with E-state index in [1.54, 1.807) is 12.1 Å². The van der Waals surface area contributed by atoms with Gasteiger partial charge in [-0.05, 0) is 42.3 Å². The molecule has 0 unspecified atom stereocenters. The Morgan fingerprint density at radius 1 is 1.10 bits per heavy atom. The molecule has 0 aliphatic carbocycles. The highest BCUT2D eigenvalue weighted by atomic mass is 16.5. The van der Waals surface area contributed by atoms with E-state index in [1.165, 1.54) is 0 Å². The predicted molar refractivity (Wildman–Crippen MR) is 84.9 cm³/mol. The Morgan fingerprint density at radius 3 is 2.76 bits per heavy atom. The maximum absolute atomic E-state index is 9.57. The van der Waals surface area contributed by atoms with Crippen LogP contribution in [0.1, 0.15) is 18.9 Å². The molecule has 0 amide bonds. The highest BCUT2D eigenvalue weighted by Crippen LogP contribution is 2.27. The van der Waals surface area contributed by atoms with Gasteiger partial charge in [-0.15, -0.1) is 0 Å². The van der Waals surface area contributed by atoms with Crippen molar-refractivity contribution in [1.29, 1.82) is 0 Å². The van der Waals surface area contributed by atoms with Crippen molar-refractivity contribution in [1.82, 2.24) is 4.57 Å². The quantitative estimate of drug-likeness (QED) is 0.761. The summed E-state index contributed by atoms with van der Waals surface area (Å²) in [6.45, 7) is 3.57. The van der Waals surface area contributed by atoms with Crippen LogP contribution in [0.15, 0.2) is 54.7 Å². The van der Waals surface area contributed by atoms with Crippen molar-refractivity contribution in [3.05, 3.63) is 60.3 Å². The second-order valence-electron chi connectivity index (χ2n) is 5.15. The van der Waals surface area contributed by atoms with Gasteiger partial charge in [0.15, 0.2) is 0 Å². The van der Waals surface area contributed by atoms with E-state index in [-0.39, 0.29) is 0 Å². The van der Waals surface area contributed by atoms with E-state index >= 15 is 0 Å². The van der Waals surface area contributed by atoms with Crippen molar-refractivity contribution >= 4 is 10.9 Å². The van der Waals surface area contributed by atoms with Crippen molar-refractivity contribution in [2.24, 2.45) is 0 Å². The van der Waals surface area contributed by atoms with Crippen molar-refractivity contribution in [2.45, 2.75) is 19.9 Å². The number of aromatic nitrogens is 1. The Kier molecular flexibility index (Phi) is 3.82. The topological polar surface area (TPSA) is 34.4 Å². The summed E-state index contributed by atoms with van der Waals surface area (Å²) in [6, 6.07) is 15.6. The minimum Gasteiger partial charge on any atom is -0.508 e. The van der Waals surface area contributed by atoms with Gasteiger partial charge in [0.1, 0.15) is 11.5 Å². The van der Waals surface area contributed by atoms with E-state index in [4.69, 9.17) is 4.74 Å². The van der Waals surface area contributed by atoms with Crippen LogP contribution >= 0.6 is 0 Å². The van der Waals surface area contributed by atoms with Crippen LogP contribution in [0.3, 0.4) is 0 Å². The molecule has 3 rings (SSSR count). The molecular formula is C18H19NO2. The third kappa shape index (κ3) is 2.87. The van der Waals surface area contributed by atoms with Crippen molar-refractivity contribution in [3.63, 3.8) is 0 Å². The van der Waals surface area contributed by atoms with E-state index in [2.05, 4.69) is 29.8 Å². The van der Waals surface area contributed by atoms with Crippen LogP contribution in [0, 0.1) is 0 Å². The smallest absolute Gasteiger partial charge is 0.128 e. The molecule has 108 valence electrons. The zero-order chi connectivity index (χ0) is 14.7. The van der Waals surface area contributed by atoms with Crippen LogP contribution in [0.2, 0.25) is 0 Å². The minimum atomic E-state index is 0.302. The highest BCUT2D eigenvalue weighted by molar-refractivity contribution is 5.86. The first-order valence-corrected chi connectivity index (χ1v) is 7.26. The van der Waals surface area contributed by atoms with Crippen LogP contribution < -0.4 is 4.74 Å². The minimum absolute atomic E-state index is 0.302. The van der Waals surface area contributed by atoms with Gasteiger partial charge in [-0.2, -0.15) is 0 Å². The summed E-state index contributed by atoms with van der Waals surface area (Å²) in [5.74, 6) is 1.24. The first kappa shape index (κ1) is 13.6. The fourth-order valence-electron chi connectivity index (χ4n) is 2.52. The number of fused-ring (bicyclic) bond motifs is 1. The third-order valence-electron chi connectivity index (χ3n) is 3.50. The summed E-state index contributed by atoms with van der Waals surface area (Å²) in [5.41, 5.74) is 2.22. The number of aromatic hydroxyl groups is 1. The largest absolute Gasteiger partial charge is 0.508 e. The normalized spacial score (nSPS) is 10.9. The van der Waals surface area contributed by atoms with Crippen LogP contribution in [0.25, 0.3) is 10.9 Å². The summed E-state index contributed by atoms with van der Waals surface area (Å²) in [5, 5.41) is 10.7. The molecule has 0 atom stereocenters. The number of nitrogens with zero attached hydrogens (tertiary/aromatic N) is 1. The molecule has 1 aromatic heterocycles. The van der Waals surface area contributed by atoms with Gasteiger partial charge < -0.3 is 14.4 Å². The average molecular weight is 281 g/mol. The monoisotopic (exact) mass is 281 g/mol. The molecular weight excluding hydrogens is 262 g/mol. The van der Waals surface area contributed by atoms with Crippen LogP contribution in [0.4, 0.5) is 0 Å². The Hall–Kier alpha value is -2.42. The summed E-state index contributed by atoms with van der Waals surface area (Å²) in [4.78, 5) is 0.